The van der Waals surface area contributed by atoms with E-state index < -0.39 is 12.7 Å². The van der Waals surface area contributed by atoms with Crippen LogP contribution in [0.15, 0.2) is 24.3 Å². The summed E-state index contributed by atoms with van der Waals surface area (Å²) in [6, 6.07) is 7.57. The third kappa shape index (κ3) is 4.29. The largest absolute Gasteiger partial charge is 0.406 e. The molecule has 0 unspecified atom stereocenters. The molecule has 0 bridgehead atoms. The van der Waals surface area contributed by atoms with Gasteiger partial charge in [-0.15, -0.1) is 0 Å². The molecule has 0 atom stereocenters. The Kier molecular flexibility index (Phi) is 5.24. The van der Waals surface area contributed by atoms with Crippen molar-refractivity contribution < 1.29 is 13.2 Å². The lowest BCUT2D eigenvalue weighted by Crippen LogP contribution is -2.35. The van der Waals surface area contributed by atoms with Crippen molar-refractivity contribution in [3.05, 3.63) is 30.0 Å². The van der Waals surface area contributed by atoms with Crippen molar-refractivity contribution in [1.29, 1.82) is 0 Å². The lowest BCUT2D eigenvalue weighted by atomic mass is 10.1. The van der Waals surface area contributed by atoms with Gasteiger partial charge in [-0.3, -0.25) is 0 Å². The van der Waals surface area contributed by atoms with Crippen molar-refractivity contribution in [2.75, 3.05) is 18.4 Å². The molecule has 0 radical (unpaired) electrons. The second-order valence-corrected chi connectivity index (χ2v) is 6.29. The van der Waals surface area contributed by atoms with E-state index in [1.807, 2.05) is 13.0 Å². The Labute approximate surface area is 145 Å². The van der Waals surface area contributed by atoms with E-state index in [1.54, 1.807) is 18.2 Å². The summed E-state index contributed by atoms with van der Waals surface area (Å²) in [6.07, 6.45) is -1.68. The second kappa shape index (κ2) is 7.40. The van der Waals surface area contributed by atoms with Gasteiger partial charge in [-0.25, -0.2) is 0 Å². The van der Waals surface area contributed by atoms with E-state index in [9.17, 15) is 13.2 Å². The number of alkyl halides is 3. The van der Waals surface area contributed by atoms with Crippen LogP contribution >= 0.6 is 0 Å². The van der Waals surface area contributed by atoms with Gasteiger partial charge in [0.05, 0.1) is 11.2 Å². The molecule has 0 amide bonds. The van der Waals surface area contributed by atoms with Gasteiger partial charge >= 0.3 is 6.18 Å². The van der Waals surface area contributed by atoms with Gasteiger partial charge in [0.2, 0.25) is 0 Å². The summed E-state index contributed by atoms with van der Waals surface area (Å²) in [4.78, 5) is 0. The van der Waals surface area contributed by atoms with Crippen LogP contribution in [-0.4, -0.2) is 29.9 Å². The Morgan fingerprint density at radius 2 is 2.04 bits per heavy atom. The van der Waals surface area contributed by atoms with Gasteiger partial charge in [0.1, 0.15) is 6.54 Å². The third-order valence-electron chi connectivity index (χ3n) is 4.38. The lowest BCUT2D eigenvalue weighted by Gasteiger charge is -2.25. The minimum atomic E-state index is -4.28. The molecule has 1 aliphatic heterocycles. The van der Waals surface area contributed by atoms with Gasteiger partial charge in [-0.05, 0) is 50.1 Å². The van der Waals surface area contributed by atoms with Crippen LogP contribution in [0, 0.1) is 11.8 Å². The molecule has 2 aromatic rings. The van der Waals surface area contributed by atoms with Crippen molar-refractivity contribution >= 4 is 16.6 Å². The molecule has 3 nitrogen and oxygen atoms in total. The maximum absolute atomic E-state index is 13.0. The van der Waals surface area contributed by atoms with Crippen LogP contribution in [0.2, 0.25) is 0 Å². The maximum atomic E-state index is 13.0. The molecule has 1 aliphatic rings. The average Bonchev–Trinajstić information content (AvgIpc) is 2.91. The zero-order valence-corrected chi connectivity index (χ0v) is 14.2. The molecule has 134 valence electrons. The zero-order valence-electron chi connectivity index (χ0n) is 14.2. The SMILES string of the molecule is CCC#Cc1cc2c(NC3CCNCC3)cccc2n1CC(F)(F)F. The van der Waals surface area contributed by atoms with Crippen molar-refractivity contribution in [2.45, 2.75) is 44.9 Å². The third-order valence-corrected chi connectivity index (χ3v) is 4.38. The molecular formula is C19H22F3N3. The predicted octanol–water partition coefficient (Wildman–Crippen LogP) is 4.13. The fourth-order valence-corrected chi connectivity index (χ4v) is 3.23. The van der Waals surface area contributed by atoms with Gasteiger partial charge in [0.25, 0.3) is 0 Å². The highest BCUT2D eigenvalue weighted by atomic mass is 19.4. The van der Waals surface area contributed by atoms with Crippen molar-refractivity contribution in [3.63, 3.8) is 0 Å². The molecule has 1 saturated heterocycles. The van der Waals surface area contributed by atoms with Crippen LogP contribution in [0.3, 0.4) is 0 Å². The molecule has 0 aliphatic carbocycles. The molecule has 2 N–H and O–H groups in total. The summed E-state index contributed by atoms with van der Waals surface area (Å²) in [5, 5.41) is 7.61. The second-order valence-electron chi connectivity index (χ2n) is 6.29. The van der Waals surface area contributed by atoms with Crippen LogP contribution in [0.5, 0.6) is 0 Å². The Morgan fingerprint density at radius 1 is 1.28 bits per heavy atom. The molecular weight excluding hydrogens is 327 g/mol. The minimum absolute atomic E-state index is 0.336. The normalized spacial score (nSPS) is 15.8. The minimum Gasteiger partial charge on any atom is -0.382 e. The number of benzene rings is 1. The van der Waals surface area contributed by atoms with Gasteiger partial charge in [-0.2, -0.15) is 13.2 Å². The molecule has 1 aromatic heterocycles. The number of anilines is 1. The van der Waals surface area contributed by atoms with Crippen LogP contribution in [0.4, 0.5) is 18.9 Å². The highest BCUT2D eigenvalue weighted by Crippen LogP contribution is 2.31. The topological polar surface area (TPSA) is 29.0 Å². The van der Waals surface area contributed by atoms with E-state index in [4.69, 9.17) is 0 Å². The van der Waals surface area contributed by atoms with Gasteiger partial charge in [0, 0.05) is 23.5 Å². The monoisotopic (exact) mass is 349 g/mol. The Balaban J connectivity index is 2.02. The highest BCUT2D eigenvalue weighted by Gasteiger charge is 2.30. The zero-order chi connectivity index (χ0) is 17.9. The Hall–Kier alpha value is -2.13. The fourth-order valence-electron chi connectivity index (χ4n) is 3.23. The highest BCUT2D eigenvalue weighted by molar-refractivity contribution is 5.94. The number of rotatable bonds is 3. The molecule has 6 heteroatoms. The standard InChI is InChI=1S/C19H22F3N3/c1-2-3-5-15-12-16-17(24-14-8-10-23-11-9-14)6-4-7-18(16)25(15)13-19(20,21)22/h4,6-7,12,14,23-24H,2,8-11,13H2,1H3. The predicted molar refractivity (Wildman–Crippen MR) is 94.7 cm³/mol. The van der Waals surface area contributed by atoms with Crippen LogP contribution in [0.25, 0.3) is 10.9 Å². The van der Waals surface area contributed by atoms with Crippen LogP contribution in [0.1, 0.15) is 31.9 Å². The molecule has 0 spiro atoms. The number of hydrogen-bond donors (Lipinski definition) is 2. The van der Waals surface area contributed by atoms with E-state index in [1.165, 1.54) is 4.57 Å². The number of aromatic nitrogens is 1. The summed E-state index contributed by atoms with van der Waals surface area (Å²) in [6.45, 7) is 2.76. The number of fused-ring (bicyclic) bond motifs is 1. The number of piperidine rings is 1. The van der Waals surface area contributed by atoms with Gasteiger partial charge in [-0.1, -0.05) is 18.9 Å². The summed E-state index contributed by atoms with van der Waals surface area (Å²) < 4.78 is 40.4. The number of nitrogens with zero attached hydrogens (tertiary/aromatic N) is 1. The lowest BCUT2D eigenvalue weighted by molar-refractivity contribution is -0.140. The van der Waals surface area contributed by atoms with Gasteiger partial charge in [0.15, 0.2) is 0 Å². The average molecular weight is 349 g/mol. The van der Waals surface area contributed by atoms with Crippen LogP contribution in [-0.2, 0) is 6.54 Å². The molecule has 1 fully saturated rings. The van der Waals surface area contributed by atoms with Crippen molar-refractivity contribution in [1.82, 2.24) is 9.88 Å². The Morgan fingerprint density at radius 3 is 2.72 bits per heavy atom. The van der Waals surface area contributed by atoms with E-state index in [2.05, 4.69) is 22.5 Å². The number of nitrogens with one attached hydrogen (secondary N) is 2. The van der Waals surface area contributed by atoms with E-state index in [0.717, 1.165) is 37.0 Å². The van der Waals surface area contributed by atoms with E-state index >= 15 is 0 Å². The first-order valence-electron chi connectivity index (χ1n) is 8.63. The first-order chi connectivity index (χ1) is 12.0. The van der Waals surface area contributed by atoms with E-state index in [-0.39, 0.29) is 0 Å². The van der Waals surface area contributed by atoms with Crippen LogP contribution < -0.4 is 10.6 Å². The molecule has 2 heterocycles. The summed E-state index contributed by atoms with van der Waals surface area (Å²) in [5.41, 5.74) is 1.86. The Bertz CT molecular complexity index is 790. The molecule has 3 rings (SSSR count). The van der Waals surface area contributed by atoms with E-state index in [0.29, 0.717) is 23.7 Å². The molecule has 25 heavy (non-hydrogen) atoms. The van der Waals surface area contributed by atoms with Crippen molar-refractivity contribution in [3.8, 4) is 11.8 Å². The first-order valence-corrected chi connectivity index (χ1v) is 8.63. The number of halogens is 3. The van der Waals surface area contributed by atoms with Gasteiger partial charge < -0.3 is 15.2 Å². The molecule has 0 saturated carbocycles. The van der Waals surface area contributed by atoms with Crippen molar-refractivity contribution in [2.24, 2.45) is 0 Å². The summed E-state index contributed by atoms with van der Waals surface area (Å²) in [5.74, 6) is 5.77. The summed E-state index contributed by atoms with van der Waals surface area (Å²) >= 11 is 0. The molecule has 1 aromatic carbocycles. The quantitative estimate of drug-likeness (QED) is 0.816. The first kappa shape index (κ1) is 17.7. The summed E-state index contributed by atoms with van der Waals surface area (Å²) in [7, 11) is 0. The number of hydrogen-bond acceptors (Lipinski definition) is 2. The fraction of sp³-hybridized carbons (Fsp3) is 0.474. The maximum Gasteiger partial charge on any atom is 0.406 e. The smallest absolute Gasteiger partial charge is 0.382 e.